The Kier molecular flexibility index (Phi) is 4.97. The van der Waals surface area contributed by atoms with Gasteiger partial charge in [0.1, 0.15) is 17.3 Å². The molecule has 1 aromatic carbocycles. The minimum absolute atomic E-state index is 0.200. The molecule has 0 fully saturated rings. The Hall–Kier alpha value is -2.04. The molecule has 5 heteroatoms. The van der Waals surface area contributed by atoms with Crippen LogP contribution in [0.3, 0.4) is 0 Å². The van der Waals surface area contributed by atoms with Crippen molar-refractivity contribution in [1.29, 1.82) is 0 Å². The van der Waals surface area contributed by atoms with E-state index >= 15 is 0 Å². The molecule has 1 heterocycles. The molecule has 1 aliphatic rings. The second-order valence-electron chi connectivity index (χ2n) is 6.70. The molecule has 0 spiro atoms. The van der Waals surface area contributed by atoms with E-state index in [4.69, 9.17) is 9.47 Å². The molecule has 2 rings (SSSR count). The van der Waals surface area contributed by atoms with Crippen molar-refractivity contribution in [1.82, 2.24) is 0 Å². The van der Waals surface area contributed by atoms with Crippen LogP contribution in [0.4, 0.5) is 5.69 Å². The number of carbonyl (C=O) groups excluding carboxylic acids is 2. The van der Waals surface area contributed by atoms with Crippen LogP contribution in [0, 0.1) is 5.92 Å². The molecular weight excluding hydrogens is 294 g/mol. The summed E-state index contributed by atoms with van der Waals surface area (Å²) in [6.07, 6.45) is 1.12. The molecule has 0 aliphatic carbocycles. The van der Waals surface area contributed by atoms with Crippen LogP contribution in [0.15, 0.2) is 18.2 Å². The number of fused-ring (bicyclic) bond motifs is 1. The number of anilines is 1. The monoisotopic (exact) mass is 319 g/mol. The summed E-state index contributed by atoms with van der Waals surface area (Å²) in [5, 5.41) is 0. The van der Waals surface area contributed by atoms with Gasteiger partial charge in [-0.3, -0.25) is 9.59 Å². The van der Waals surface area contributed by atoms with E-state index in [9.17, 15) is 9.59 Å². The van der Waals surface area contributed by atoms with Crippen LogP contribution in [0.5, 0.6) is 5.75 Å². The topological polar surface area (TPSA) is 55.8 Å². The number of aryl methyl sites for hydroxylation is 1. The van der Waals surface area contributed by atoms with E-state index < -0.39 is 17.5 Å². The number of hydrogen-bond donors (Lipinski definition) is 0. The fourth-order valence-electron chi connectivity index (χ4n) is 2.78. The van der Waals surface area contributed by atoms with Crippen molar-refractivity contribution in [3.63, 3.8) is 0 Å². The van der Waals surface area contributed by atoms with E-state index in [-0.39, 0.29) is 5.91 Å². The van der Waals surface area contributed by atoms with Crippen molar-refractivity contribution in [3.8, 4) is 5.75 Å². The second-order valence-corrected chi connectivity index (χ2v) is 6.70. The number of hydrogen-bond acceptors (Lipinski definition) is 4. The fraction of sp³-hybridized carbons (Fsp3) is 0.556. The van der Waals surface area contributed by atoms with E-state index in [0.717, 1.165) is 11.3 Å². The largest absolute Gasteiger partial charge is 0.497 e. The van der Waals surface area contributed by atoms with Crippen LogP contribution in [0.25, 0.3) is 0 Å². The molecule has 0 bridgehead atoms. The molecule has 1 aromatic rings. The normalized spacial score (nSPS) is 18.2. The van der Waals surface area contributed by atoms with Crippen molar-refractivity contribution in [2.75, 3.05) is 18.6 Å². The minimum Gasteiger partial charge on any atom is -0.497 e. The van der Waals surface area contributed by atoms with Crippen LogP contribution in [-0.2, 0) is 20.7 Å². The van der Waals surface area contributed by atoms with Gasteiger partial charge >= 0.3 is 5.97 Å². The number of ether oxygens (including phenoxy) is 2. The van der Waals surface area contributed by atoms with E-state index in [1.165, 1.54) is 0 Å². The highest BCUT2D eigenvalue weighted by atomic mass is 16.6. The summed E-state index contributed by atoms with van der Waals surface area (Å²) >= 11 is 0. The third kappa shape index (κ3) is 3.84. The SMILES string of the molecule is CCN1C(=O)[C@@H](C(=O)OC(C)(C)C)CCc2ccc(OC)cc21. The Morgan fingerprint density at radius 3 is 2.61 bits per heavy atom. The first-order chi connectivity index (χ1) is 10.8. The highest BCUT2D eigenvalue weighted by Gasteiger charge is 2.37. The summed E-state index contributed by atoms with van der Waals surface area (Å²) in [4.78, 5) is 26.9. The zero-order valence-corrected chi connectivity index (χ0v) is 14.5. The third-order valence-electron chi connectivity index (χ3n) is 3.86. The summed E-state index contributed by atoms with van der Waals surface area (Å²) < 4.78 is 10.7. The van der Waals surface area contributed by atoms with E-state index in [2.05, 4.69) is 0 Å². The first-order valence-electron chi connectivity index (χ1n) is 7.98. The lowest BCUT2D eigenvalue weighted by atomic mass is 10.00. The Bertz CT molecular complexity index is 604. The van der Waals surface area contributed by atoms with Crippen LogP contribution >= 0.6 is 0 Å². The van der Waals surface area contributed by atoms with Crippen molar-refractivity contribution >= 4 is 17.6 Å². The number of amides is 1. The van der Waals surface area contributed by atoms with E-state index in [1.807, 2.05) is 45.9 Å². The summed E-state index contributed by atoms with van der Waals surface area (Å²) in [5.74, 6) is -0.701. The van der Waals surface area contributed by atoms with Crippen LogP contribution in [0.2, 0.25) is 0 Å². The van der Waals surface area contributed by atoms with Crippen LogP contribution in [0.1, 0.15) is 39.7 Å². The maximum Gasteiger partial charge on any atom is 0.319 e. The van der Waals surface area contributed by atoms with Crippen molar-refractivity contribution in [3.05, 3.63) is 23.8 Å². The molecular formula is C18H25NO4. The average molecular weight is 319 g/mol. The Morgan fingerprint density at radius 1 is 1.35 bits per heavy atom. The Morgan fingerprint density at radius 2 is 2.04 bits per heavy atom. The maximum absolute atomic E-state index is 12.9. The Balaban J connectivity index is 2.34. The van der Waals surface area contributed by atoms with Gasteiger partial charge in [0, 0.05) is 12.6 Å². The smallest absolute Gasteiger partial charge is 0.319 e. The zero-order chi connectivity index (χ0) is 17.2. The number of nitrogens with zero attached hydrogens (tertiary/aromatic N) is 1. The molecule has 0 aromatic heterocycles. The van der Waals surface area contributed by atoms with Gasteiger partial charge in [0.25, 0.3) is 0 Å². The molecule has 1 aliphatic heterocycles. The van der Waals surface area contributed by atoms with Gasteiger partial charge in [-0.25, -0.2) is 0 Å². The van der Waals surface area contributed by atoms with Crippen molar-refractivity contribution < 1.29 is 19.1 Å². The number of esters is 1. The summed E-state index contributed by atoms with van der Waals surface area (Å²) in [6.45, 7) is 7.83. The first-order valence-corrected chi connectivity index (χ1v) is 7.98. The van der Waals surface area contributed by atoms with Crippen LogP contribution < -0.4 is 9.64 Å². The highest BCUT2D eigenvalue weighted by molar-refractivity contribution is 6.07. The predicted molar refractivity (Wildman–Crippen MR) is 88.7 cm³/mol. The molecule has 0 radical (unpaired) electrons. The summed E-state index contributed by atoms with van der Waals surface area (Å²) in [6, 6.07) is 5.70. The predicted octanol–water partition coefficient (Wildman–Crippen LogP) is 2.95. The molecule has 0 saturated carbocycles. The lowest BCUT2D eigenvalue weighted by Gasteiger charge is -2.26. The summed E-state index contributed by atoms with van der Waals surface area (Å²) in [5.41, 5.74) is 1.27. The van der Waals surface area contributed by atoms with E-state index in [0.29, 0.717) is 25.1 Å². The molecule has 0 N–H and O–H groups in total. The number of benzene rings is 1. The zero-order valence-electron chi connectivity index (χ0n) is 14.5. The average Bonchev–Trinajstić information content (AvgIpc) is 2.60. The van der Waals surface area contributed by atoms with Gasteiger partial charge in [0.2, 0.25) is 5.91 Å². The van der Waals surface area contributed by atoms with Gasteiger partial charge in [-0.1, -0.05) is 6.07 Å². The van der Waals surface area contributed by atoms with Gasteiger partial charge in [-0.2, -0.15) is 0 Å². The molecule has 5 nitrogen and oxygen atoms in total. The first kappa shape index (κ1) is 17.3. The molecule has 0 saturated heterocycles. The van der Waals surface area contributed by atoms with Crippen molar-refractivity contribution in [2.24, 2.45) is 5.92 Å². The van der Waals surface area contributed by atoms with Gasteiger partial charge in [0.15, 0.2) is 0 Å². The van der Waals surface area contributed by atoms with E-state index in [1.54, 1.807) is 12.0 Å². The quantitative estimate of drug-likeness (QED) is 0.635. The van der Waals surface area contributed by atoms with Crippen molar-refractivity contribution in [2.45, 2.75) is 46.1 Å². The lowest BCUT2D eigenvalue weighted by Crippen LogP contribution is -2.41. The standard InChI is InChI=1S/C18H25NO4/c1-6-19-15-11-13(22-5)9-7-12(15)8-10-14(16(19)20)17(21)23-18(2,3)4/h7,9,11,14H,6,8,10H2,1-5H3/t14-/m0/s1. The molecule has 1 atom stereocenters. The van der Waals surface area contributed by atoms with Gasteiger partial charge in [-0.05, 0) is 52.2 Å². The number of methoxy groups -OCH3 is 1. The molecule has 0 unspecified atom stereocenters. The second kappa shape index (κ2) is 6.60. The fourth-order valence-corrected chi connectivity index (χ4v) is 2.78. The molecule has 23 heavy (non-hydrogen) atoms. The van der Waals surface area contributed by atoms with Gasteiger partial charge in [-0.15, -0.1) is 0 Å². The summed E-state index contributed by atoms with van der Waals surface area (Å²) in [7, 11) is 1.60. The third-order valence-corrected chi connectivity index (χ3v) is 3.86. The lowest BCUT2D eigenvalue weighted by molar-refractivity contribution is -0.162. The molecule has 1 amide bonds. The minimum atomic E-state index is -0.757. The Labute approximate surface area is 137 Å². The number of rotatable bonds is 3. The van der Waals surface area contributed by atoms with Crippen LogP contribution in [-0.4, -0.2) is 31.1 Å². The maximum atomic E-state index is 12.9. The van der Waals surface area contributed by atoms with Gasteiger partial charge < -0.3 is 14.4 Å². The highest BCUT2D eigenvalue weighted by Crippen LogP contribution is 2.33. The number of carbonyl (C=O) groups is 2. The molecule has 126 valence electrons. The van der Waals surface area contributed by atoms with Gasteiger partial charge in [0.05, 0.1) is 12.8 Å².